The van der Waals surface area contributed by atoms with Crippen molar-refractivity contribution in [3.63, 3.8) is 0 Å². The van der Waals surface area contributed by atoms with Crippen LogP contribution in [0.4, 0.5) is 5.69 Å². The van der Waals surface area contributed by atoms with Crippen LogP contribution in [-0.4, -0.2) is 13.0 Å². The van der Waals surface area contributed by atoms with Gasteiger partial charge in [0, 0.05) is 0 Å². The molecule has 0 unspecified atom stereocenters. The summed E-state index contributed by atoms with van der Waals surface area (Å²) >= 11 is 0. The van der Waals surface area contributed by atoms with Crippen LogP contribution in [0.1, 0.15) is 20.3 Å². The Kier molecular flexibility index (Phi) is 4.84. The van der Waals surface area contributed by atoms with E-state index in [2.05, 4.69) is 13.8 Å². The minimum Gasteiger partial charge on any atom is -0.276 e. The van der Waals surface area contributed by atoms with Gasteiger partial charge >= 0.3 is 0 Å². The van der Waals surface area contributed by atoms with Gasteiger partial charge in [0.2, 0.25) is 6.41 Å². The van der Waals surface area contributed by atoms with Crippen molar-refractivity contribution in [2.24, 2.45) is 5.92 Å². The Morgan fingerprint density at radius 2 is 2.00 bits per heavy atom. The number of para-hydroxylation sites is 1. The molecule has 0 aliphatic carbocycles. The van der Waals surface area contributed by atoms with E-state index >= 15 is 0 Å². The molecular formula is C12H17NO2. The molecule has 0 saturated carbocycles. The van der Waals surface area contributed by atoms with Crippen molar-refractivity contribution < 1.29 is 9.63 Å². The minimum atomic E-state index is 0.561. The molecule has 3 nitrogen and oxygen atoms in total. The average Bonchev–Trinajstić information content (AvgIpc) is 2.25. The van der Waals surface area contributed by atoms with Gasteiger partial charge in [0.25, 0.3) is 0 Å². The van der Waals surface area contributed by atoms with Gasteiger partial charge in [-0.05, 0) is 24.5 Å². The van der Waals surface area contributed by atoms with Crippen LogP contribution in [0.25, 0.3) is 0 Å². The lowest BCUT2D eigenvalue weighted by Gasteiger charge is -2.17. The third-order valence-electron chi connectivity index (χ3n) is 2.03. The minimum absolute atomic E-state index is 0.561. The third-order valence-corrected chi connectivity index (χ3v) is 2.03. The van der Waals surface area contributed by atoms with Crippen molar-refractivity contribution in [3.05, 3.63) is 30.3 Å². The van der Waals surface area contributed by atoms with Gasteiger partial charge in [-0.3, -0.25) is 9.63 Å². The first kappa shape index (κ1) is 11.7. The molecule has 0 radical (unpaired) electrons. The summed E-state index contributed by atoms with van der Waals surface area (Å²) in [4.78, 5) is 16.1. The molecule has 0 fully saturated rings. The van der Waals surface area contributed by atoms with E-state index < -0.39 is 0 Å². The zero-order chi connectivity index (χ0) is 11.1. The normalized spacial score (nSPS) is 10.3. The standard InChI is InChI=1S/C12H17NO2/c1-11(2)8-9-15-13(10-14)12-6-4-3-5-7-12/h3-7,10-11H,8-9H2,1-2H3. The van der Waals surface area contributed by atoms with Gasteiger partial charge < -0.3 is 0 Å². The Hall–Kier alpha value is -1.35. The molecule has 0 aliphatic rings. The maximum Gasteiger partial charge on any atom is 0.238 e. The van der Waals surface area contributed by atoms with Crippen molar-refractivity contribution in [2.75, 3.05) is 11.7 Å². The largest absolute Gasteiger partial charge is 0.276 e. The molecule has 0 spiro atoms. The Labute approximate surface area is 90.6 Å². The Bertz CT molecular complexity index is 285. The van der Waals surface area contributed by atoms with E-state index in [0.717, 1.165) is 12.1 Å². The second kappa shape index (κ2) is 6.19. The van der Waals surface area contributed by atoms with E-state index in [1.807, 2.05) is 30.3 Å². The molecule has 0 aliphatic heterocycles. The van der Waals surface area contributed by atoms with Gasteiger partial charge in [0.1, 0.15) is 0 Å². The summed E-state index contributed by atoms with van der Waals surface area (Å²) in [7, 11) is 0. The number of amides is 1. The Balaban J connectivity index is 2.46. The number of hydrogen-bond acceptors (Lipinski definition) is 2. The number of carbonyl (C=O) groups excluding carboxylic acids is 1. The lowest BCUT2D eigenvalue weighted by Crippen LogP contribution is -2.22. The molecule has 0 saturated heterocycles. The first-order valence-corrected chi connectivity index (χ1v) is 5.16. The molecule has 1 aromatic carbocycles. The van der Waals surface area contributed by atoms with Crippen LogP contribution in [-0.2, 0) is 9.63 Å². The van der Waals surface area contributed by atoms with Crippen LogP contribution >= 0.6 is 0 Å². The second-order valence-corrected chi connectivity index (χ2v) is 3.78. The summed E-state index contributed by atoms with van der Waals surface area (Å²) in [5, 5.41) is 1.27. The molecule has 15 heavy (non-hydrogen) atoms. The maximum atomic E-state index is 10.8. The summed E-state index contributed by atoms with van der Waals surface area (Å²) < 4.78 is 0. The van der Waals surface area contributed by atoms with E-state index in [-0.39, 0.29) is 0 Å². The highest BCUT2D eigenvalue weighted by Gasteiger charge is 2.04. The van der Waals surface area contributed by atoms with Crippen molar-refractivity contribution in [3.8, 4) is 0 Å². The van der Waals surface area contributed by atoms with Crippen LogP contribution < -0.4 is 5.06 Å². The predicted molar refractivity (Wildman–Crippen MR) is 60.4 cm³/mol. The van der Waals surface area contributed by atoms with Crippen molar-refractivity contribution in [1.29, 1.82) is 0 Å². The number of hydrogen-bond donors (Lipinski definition) is 0. The van der Waals surface area contributed by atoms with Crippen LogP contribution in [0.5, 0.6) is 0 Å². The van der Waals surface area contributed by atoms with Crippen LogP contribution in [0.3, 0.4) is 0 Å². The molecule has 3 heteroatoms. The molecule has 0 atom stereocenters. The fraction of sp³-hybridized carbons (Fsp3) is 0.417. The molecular weight excluding hydrogens is 190 g/mol. The monoisotopic (exact) mass is 207 g/mol. The van der Waals surface area contributed by atoms with Gasteiger partial charge in [0.05, 0.1) is 12.3 Å². The quantitative estimate of drug-likeness (QED) is 0.530. The van der Waals surface area contributed by atoms with Crippen molar-refractivity contribution in [1.82, 2.24) is 0 Å². The summed E-state index contributed by atoms with van der Waals surface area (Å²) in [5.41, 5.74) is 0.760. The number of benzene rings is 1. The smallest absolute Gasteiger partial charge is 0.238 e. The van der Waals surface area contributed by atoms with Crippen molar-refractivity contribution >= 4 is 12.1 Å². The second-order valence-electron chi connectivity index (χ2n) is 3.78. The average molecular weight is 207 g/mol. The molecule has 82 valence electrons. The lowest BCUT2D eigenvalue weighted by molar-refractivity contribution is -0.114. The van der Waals surface area contributed by atoms with Gasteiger partial charge in [-0.15, -0.1) is 0 Å². The maximum absolute atomic E-state index is 10.8. The molecule has 1 rings (SSSR count). The van der Waals surface area contributed by atoms with Gasteiger partial charge in [-0.2, -0.15) is 5.06 Å². The van der Waals surface area contributed by atoms with E-state index in [0.29, 0.717) is 18.9 Å². The Morgan fingerprint density at radius 3 is 2.53 bits per heavy atom. The third kappa shape index (κ3) is 4.13. The highest BCUT2D eigenvalue weighted by Crippen LogP contribution is 2.12. The lowest BCUT2D eigenvalue weighted by atomic mass is 10.1. The van der Waals surface area contributed by atoms with Crippen LogP contribution in [0, 0.1) is 5.92 Å². The summed E-state index contributed by atoms with van der Waals surface area (Å²) in [6, 6.07) is 9.32. The molecule has 0 heterocycles. The van der Waals surface area contributed by atoms with Crippen LogP contribution in [0.15, 0.2) is 30.3 Å². The number of rotatable bonds is 6. The molecule has 0 N–H and O–H groups in total. The van der Waals surface area contributed by atoms with Crippen LogP contribution in [0.2, 0.25) is 0 Å². The molecule has 1 amide bonds. The predicted octanol–water partition coefficient (Wildman–Crippen LogP) is 2.63. The first-order chi connectivity index (χ1) is 7.24. The fourth-order valence-electron chi connectivity index (χ4n) is 1.13. The zero-order valence-electron chi connectivity index (χ0n) is 9.22. The Morgan fingerprint density at radius 1 is 1.33 bits per heavy atom. The number of anilines is 1. The fourth-order valence-corrected chi connectivity index (χ4v) is 1.13. The number of nitrogens with zero attached hydrogens (tertiary/aromatic N) is 1. The molecule has 0 bridgehead atoms. The van der Waals surface area contributed by atoms with Gasteiger partial charge in [-0.25, -0.2) is 0 Å². The van der Waals surface area contributed by atoms with Gasteiger partial charge in [-0.1, -0.05) is 32.0 Å². The van der Waals surface area contributed by atoms with E-state index in [9.17, 15) is 4.79 Å². The SMILES string of the molecule is CC(C)CCON(C=O)c1ccccc1. The molecule has 1 aromatic rings. The topological polar surface area (TPSA) is 29.5 Å². The number of carbonyl (C=O) groups is 1. The summed E-state index contributed by atoms with van der Waals surface area (Å²) in [5.74, 6) is 0.578. The van der Waals surface area contributed by atoms with Gasteiger partial charge in [0.15, 0.2) is 0 Å². The van der Waals surface area contributed by atoms with Crippen molar-refractivity contribution in [2.45, 2.75) is 20.3 Å². The number of hydroxylamine groups is 1. The first-order valence-electron chi connectivity index (χ1n) is 5.16. The summed E-state index contributed by atoms with van der Waals surface area (Å²) in [6.45, 7) is 4.81. The summed E-state index contributed by atoms with van der Waals surface area (Å²) in [6.07, 6.45) is 1.63. The van der Waals surface area contributed by atoms with E-state index in [1.165, 1.54) is 5.06 Å². The van der Waals surface area contributed by atoms with E-state index in [4.69, 9.17) is 4.84 Å². The van der Waals surface area contributed by atoms with E-state index in [1.54, 1.807) is 0 Å². The highest BCUT2D eigenvalue weighted by atomic mass is 16.7. The highest BCUT2D eigenvalue weighted by molar-refractivity contribution is 5.71. The molecule has 0 aromatic heterocycles. The zero-order valence-corrected chi connectivity index (χ0v) is 9.22.